The number of nitrogens with one attached hydrogen (secondary N) is 1. The highest BCUT2D eigenvalue weighted by Gasteiger charge is 2.21. The number of carbonyl (C=O) groups excluding carboxylic acids is 1. The van der Waals surface area contributed by atoms with Gasteiger partial charge in [0.05, 0.1) is 0 Å². The van der Waals surface area contributed by atoms with Gasteiger partial charge in [-0.3, -0.25) is 14.4 Å². The van der Waals surface area contributed by atoms with Crippen LogP contribution in [-0.2, 0) is 24.3 Å². The minimum Gasteiger partial charge on any atom is -0.357 e. The fourth-order valence-electron chi connectivity index (χ4n) is 3.66. The molecule has 2 aliphatic rings. The van der Waals surface area contributed by atoms with E-state index in [9.17, 15) is 9.59 Å². The van der Waals surface area contributed by atoms with Gasteiger partial charge in [0.15, 0.2) is 5.96 Å². The second-order valence-electron chi connectivity index (χ2n) is 7.11. The van der Waals surface area contributed by atoms with E-state index in [1.165, 1.54) is 0 Å². The average molecular weight is 377 g/mol. The van der Waals surface area contributed by atoms with Crippen molar-refractivity contribution < 1.29 is 4.79 Å². The highest BCUT2D eigenvalue weighted by molar-refractivity contribution is 5.80. The zero-order valence-electron chi connectivity index (χ0n) is 16.5. The Kier molecular flexibility index (Phi) is 6.52. The van der Waals surface area contributed by atoms with Crippen LogP contribution in [0.25, 0.3) is 0 Å². The predicted octanol–water partition coefficient (Wildman–Crippen LogP) is -0.0992. The lowest BCUT2D eigenvalue weighted by atomic mass is 10.2. The monoisotopic (exact) mass is 377 g/mol. The lowest BCUT2D eigenvalue weighted by Crippen LogP contribution is -2.53. The summed E-state index contributed by atoms with van der Waals surface area (Å²) < 4.78 is 3.40. The number of hydrogen-bond donors (Lipinski definition) is 1. The molecule has 2 aliphatic heterocycles. The number of amides is 1. The van der Waals surface area contributed by atoms with E-state index in [1.54, 1.807) is 11.6 Å². The lowest BCUT2D eigenvalue weighted by Gasteiger charge is -2.36. The molecule has 27 heavy (non-hydrogen) atoms. The van der Waals surface area contributed by atoms with Gasteiger partial charge in [-0.15, -0.1) is 0 Å². The van der Waals surface area contributed by atoms with Crippen LogP contribution in [0, 0.1) is 0 Å². The van der Waals surface area contributed by atoms with Crippen molar-refractivity contribution in [2.45, 2.75) is 52.6 Å². The first kappa shape index (κ1) is 19.4. The van der Waals surface area contributed by atoms with Crippen molar-refractivity contribution in [3.8, 4) is 0 Å². The highest BCUT2D eigenvalue weighted by Crippen LogP contribution is 2.09. The fourth-order valence-corrected chi connectivity index (χ4v) is 3.66. The van der Waals surface area contributed by atoms with Crippen LogP contribution in [0.5, 0.6) is 0 Å². The first-order valence-electron chi connectivity index (χ1n) is 10.1. The summed E-state index contributed by atoms with van der Waals surface area (Å²) >= 11 is 0. The van der Waals surface area contributed by atoms with E-state index in [-0.39, 0.29) is 11.6 Å². The van der Waals surface area contributed by atoms with Gasteiger partial charge in [0.1, 0.15) is 5.82 Å². The van der Waals surface area contributed by atoms with Gasteiger partial charge in [0.2, 0.25) is 5.91 Å². The molecule has 0 unspecified atom stereocenters. The summed E-state index contributed by atoms with van der Waals surface area (Å²) in [4.78, 5) is 32.6. The van der Waals surface area contributed by atoms with E-state index in [1.807, 2.05) is 9.47 Å². The third-order valence-electron chi connectivity index (χ3n) is 5.18. The van der Waals surface area contributed by atoms with Gasteiger partial charge in [0.25, 0.3) is 0 Å². The summed E-state index contributed by atoms with van der Waals surface area (Å²) in [5, 5.41) is 7.80. The largest absolute Gasteiger partial charge is 0.357 e. The van der Waals surface area contributed by atoms with E-state index < -0.39 is 0 Å². The summed E-state index contributed by atoms with van der Waals surface area (Å²) in [6, 6.07) is 0. The molecule has 9 nitrogen and oxygen atoms in total. The molecule has 1 amide bonds. The summed E-state index contributed by atoms with van der Waals surface area (Å²) in [5.41, 5.74) is 0.0148. The summed E-state index contributed by atoms with van der Waals surface area (Å²) in [6.45, 7) is 9.55. The van der Waals surface area contributed by atoms with Crippen LogP contribution in [0.15, 0.2) is 9.79 Å². The minimum atomic E-state index is 0.0148. The summed E-state index contributed by atoms with van der Waals surface area (Å²) in [6.07, 6.45) is 3.85. The van der Waals surface area contributed by atoms with Crippen molar-refractivity contribution in [3.05, 3.63) is 16.3 Å². The maximum absolute atomic E-state index is 12.4. The quantitative estimate of drug-likeness (QED) is 0.440. The summed E-state index contributed by atoms with van der Waals surface area (Å²) in [7, 11) is 0. The van der Waals surface area contributed by atoms with Gasteiger partial charge in [-0.05, 0) is 26.2 Å². The first-order valence-corrected chi connectivity index (χ1v) is 10.1. The van der Waals surface area contributed by atoms with E-state index in [0.29, 0.717) is 13.1 Å². The standard InChI is InChI=1S/C18H31N7O2/c1-3-19-17(23-13-11-22(12-14-23)15(2)26)20-8-6-10-25-18(27)24-9-5-4-7-16(24)21-25/h3-14H2,1-2H3,(H,19,20). The molecule has 1 N–H and O–H groups in total. The topological polar surface area (TPSA) is 87.8 Å². The molecule has 3 rings (SSSR count). The predicted molar refractivity (Wildman–Crippen MR) is 104 cm³/mol. The minimum absolute atomic E-state index is 0.0148. The molecule has 9 heteroatoms. The number of aliphatic imine (C=N–C) groups is 1. The molecule has 0 aromatic carbocycles. The lowest BCUT2D eigenvalue weighted by molar-refractivity contribution is -0.130. The van der Waals surface area contributed by atoms with Gasteiger partial charge in [0, 0.05) is 65.7 Å². The van der Waals surface area contributed by atoms with Crippen LogP contribution in [0.4, 0.5) is 0 Å². The third-order valence-corrected chi connectivity index (χ3v) is 5.18. The Morgan fingerprint density at radius 3 is 2.56 bits per heavy atom. The number of hydrogen-bond acceptors (Lipinski definition) is 4. The molecule has 1 aromatic rings. The average Bonchev–Trinajstić information content (AvgIpc) is 3.00. The molecule has 1 saturated heterocycles. The summed E-state index contributed by atoms with van der Waals surface area (Å²) in [5.74, 6) is 1.94. The zero-order valence-corrected chi connectivity index (χ0v) is 16.5. The maximum Gasteiger partial charge on any atom is 0.345 e. The number of aryl methyl sites for hydroxylation is 2. The number of carbonyl (C=O) groups is 1. The Balaban J connectivity index is 1.53. The van der Waals surface area contributed by atoms with Crippen LogP contribution in [0.2, 0.25) is 0 Å². The smallest absolute Gasteiger partial charge is 0.345 e. The van der Waals surface area contributed by atoms with Gasteiger partial charge < -0.3 is 15.1 Å². The number of piperazine rings is 1. The van der Waals surface area contributed by atoms with Crippen molar-refractivity contribution in [1.29, 1.82) is 0 Å². The van der Waals surface area contributed by atoms with Crippen molar-refractivity contribution in [2.75, 3.05) is 39.3 Å². The SMILES string of the molecule is CCNC(=NCCCn1nc2n(c1=O)CCCC2)N1CCN(C(C)=O)CC1. The van der Waals surface area contributed by atoms with E-state index in [2.05, 4.69) is 22.2 Å². The van der Waals surface area contributed by atoms with Crippen LogP contribution in [0.3, 0.4) is 0 Å². The molecule has 0 saturated carbocycles. The number of guanidine groups is 1. The first-order chi connectivity index (χ1) is 13.1. The Morgan fingerprint density at radius 1 is 1.15 bits per heavy atom. The molecule has 0 aliphatic carbocycles. The van der Waals surface area contributed by atoms with Gasteiger partial charge in [-0.25, -0.2) is 9.48 Å². The van der Waals surface area contributed by atoms with E-state index in [0.717, 1.165) is 76.7 Å². The molecule has 0 radical (unpaired) electrons. The molecular weight excluding hydrogens is 346 g/mol. The van der Waals surface area contributed by atoms with Crippen molar-refractivity contribution in [1.82, 2.24) is 29.5 Å². The second-order valence-corrected chi connectivity index (χ2v) is 7.11. The van der Waals surface area contributed by atoms with Gasteiger partial charge >= 0.3 is 5.69 Å². The molecule has 0 spiro atoms. The number of fused-ring (bicyclic) bond motifs is 1. The molecule has 1 aromatic heterocycles. The molecule has 0 bridgehead atoms. The van der Waals surface area contributed by atoms with Crippen LogP contribution in [-0.4, -0.2) is 75.3 Å². The fraction of sp³-hybridized carbons (Fsp3) is 0.778. The van der Waals surface area contributed by atoms with Gasteiger partial charge in [-0.2, -0.15) is 5.10 Å². The van der Waals surface area contributed by atoms with E-state index in [4.69, 9.17) is 4.99 Å². The Hall–Kier alpha value is -2.32. The zero-order chi connectivity index (χ0) is 19.2. The molecule has 1 fully saturated rings. The molecule has 0 atom stereocenters. The second kappa shape index (κ2) is 9.05. The van der Waals surface area contributed by atoms with E-state index >= 15 is 0 Å². The Bertz CT molecular complexity index is 729. The normalized spacial score (nSPS) is 17.8. The number of nitrogens with zero attached hydrogens (tertiary/aromatic N) is 6. The molecular formula is C18H31N7O2. The van der Waals surface area contributed by atoms with Gasteiger partial charge in [-0.1, -0.05) is 0 Å². The third kappa shape index (κ3) is 4.70. The molecule has 150 valence electrons. The number of aromatic nitrogens is 3. The van der Waals surface area contributed by atoms with Crippen molar-refractivity contribution in [2.24, 2.45) is 4.99 Å². The maximum atomic E-state index is 12.4. The van der Waals surface area contributed by atoms with Crippen LogP contribution < -0.4 is 11.0 Å². The molecule has 3 heterocycles. The highest BCUT2D eigenvalue weighted by atomic mass is 16.2. The Labute approximate surface area is 160 Å². The van der Waals surface area contributed by atoms with Crippen LogP contribution >= 0.6 is 0 Å². The van der Waals surface area contributed by atoms with Crippen LogP contribution in [0.1, 0.15) is 38.9 Å². The Morgan fingerprint density at radius 2 is 1.89 bits per heavy atom. The van der Waals surface area contributed by atoms with Crippen molar-refractivity contribution >= 4 is 11.9 Å². The number of rotatable bonds is 5. The van der Waals surface area contributed by atoms with Crippen molar-refractivity contribution in [3.63, 3.8) is 0 Å².